The number of halogens is 1. The SMILES string of the molecule is COc1ccc([C@H](C)NC(=O)N2CC[C@@H](C)[C@H](OC)C2)cc1F. The minimum absolute atomic E-state index is 0.0586. The topological polar surface area (TPSA) is 50.8 Å². The van der Waals surface area contributed by atoms with Crippen molar-refractivity contribution in [3.8, 4) is 5.75 Å². The van der Waals surface area contributed by atoms with E-state index < -0.39 is 5.82 Å². The second kappa shape index (κ2) is 7.64. The molecule has 0 radical (unpaired) electrons. The number of hydrogen-bond acceptors (Lipinski definition) is 3. The van der Waals surface area contributed by atoms with Gasteiger partial charge in [0.1, 0.15) is 0 Å². The van der Waals surface area contributed by atoms with Gasteiger partial charge in [-0.05, 0) is 37.0 Å². The van der Waals surface area contributed by atoms with E-state index in [1.54, 1.807) is 24.1 Å². The Balaban J connectivity index is 1.98. The molecule has 2 rings (SSSR count). The van der Waals surface area contributed by atoms with E-state index in [4.69, 9.17) is 9.47 Å². The van der Waals surface area contributed by atoms with Crippen LogP contribution in [0, 0.1) is 11.7 Å². The summed E-state index contributed by atoms with van der Waals surface area (Å²) in [6.45, 7) is 5.25. The van der Waals surface area contributed by atoms with Crippen molar-refractivity contribution in [2.75, 3.05) is 27.3 Å². The summed E-state index contributed by atoms with van der Waals surface area (Å²) in [6, 6.07) is 4.27. The number of piperidine rings is 1. The first-order chi connectivity index (χ1) is 11.0. The van der Waals surface area contributed by atoms with Gasteiger partial charge in [0.2, 0.25) is 0 Å². The van der Waals surface area contributed by atoms with Gasteiger partial charge in [0.05, 0.1) is 19.3 Å². The summed E-state index contributed by atoms with van der Waals surface area (Å²) in [5.74, 6) is 0.203. The molecular weight excluding hydrogens is 299 g/mol. The van der Waals surface area contributed by atoms with Crippen LogP contribution < -0.4 is 10.1 Å². The van der Waals surface area contributed by atoms with E-state index in [1.807, 2.05) is 6.92 Å². The van der Waals surface area contributed by atoms with Crippen molar-refractivity contribution in [2.45, 2.75) is 32.4 Å². The van der Waals surface area contributed by atoms with E-state index in [1.165, 1.54) is 13.2 Å². The molecule has 3 atom stereocenters. The van der Waals surface area contributed by atoms with Crippen molar-refractivity contribution < 1.29 is 18.7 Å². The lowest BCUT2D eigenvalue weighted by Gasteiger charge is -2.36. The second-order valence-corrected chi connectivity index (χ2v) is 6.05. The van der Waals surface area contributed by atoms with Crippen LogP contribution in [0.4, 0.5) is 9.18 Å². The first-order valence-corrected chi connectivity index (χ1v) is 7.88. The van der Waals surface area contributed by atoms with E-state index in [0.717, 1.165) is 6.42 Å². The molecule has 0 unspecified atom stereocenters. The average molecular weight is 324 g/mol. The molecule has 1 fully saturated rings. The van der Waals surface area contributed by atoms with Crippen LogP contribution in [0.3, 0.4) is 0 Å². The fourth-order valence-corrected chi connectivity index (χ4v) is 2.84. The van der Waals surface area contributed by atoms with Crippen LogP contribution in [-0.4, -0.2) is 44.3 Å². The third-order valence-corrected chi connectivity index (χ3v) is 4.50. The number of carbonyl (C=O) groups excluding carboxylic acids is 1. The van der Waals surface area contributed by atoms with Crippen molar-refractivity contribution in [3.63, 3.8) is 0 Å². The standard InChI is InChI=1S/C17H25FN2O3/c1-11-7-8-20(10-16(11)23-4)17(21)19-12(2)13-5-6-15(22-3)14(18)9-13/h5-6,9,11-12,16H,7-8,10H2,1-4H3,(H,19,21)/t11-,12+,16-/m1/s1. The van der Waals surface area contributed by atoms with Crippen LogP contribution in [-0.2, 0) is 4.74 Å². The normalized spacial score (nSPS) is 22.6. The molecule has 1 N–H and O–H groups in total. The zero-order chi connectivity index (χ0) is 17.0. The smallest absolute Gasteiger partial charge is 0.317 e. The van der Waals surface area contributed by atoms with Gasteiger partial charge in [-0.25, -0.2) is 9.18 Å². The van der Waals surface area contributed by atoms with Gasteiger partial charge in [-0.15, -0.1) is 0 Å². The summed E-state index contributed by atoms with van der Waals surface area (Å²) in [6.07, 6.45) is 0.973. The third-order valence-electron chi connectivity index (χ3n) is 4.50. The van der Waals surface area contributed by atoms with Gasteiger partial charge in [0.25, 0.3) is 0 Å². The largest absolute Gasteiger partial charge is 0.494 e. The molecule has 1 aliphatic rings. The van der Waals surface area contributed by atoms with E-state index in [9.17, 15) is 9.18 Å². The molecule has 1 heterocycles. The van der Waals surface area contributed by atoms with Crippen LogP contribution in [0.25, 0.3) is 0 Å². The fourth-order valence-electron chi connectivity index (χ4n) is 2.84. The molecule has 1 saturated heterocycles. The first-order valence-electron chi connectivity index (χ1n) is 7.88. The van der Waals surface area contributed by atoms with Crippen molar-refractivity contribution in [2.24, 2.45) is 5.92 Å². The third kappa shape index (κ3) is 4.13. The minimum atomic E-state index is -0.433. The number of nitrogens with one attached hydrogen (secondary N) is 1. The highest BCUT2D eigenvalue weighted by molar-refractivity contribution is 5.74. The van der Waals surface area contributed by atoms with Crippen molar-refractivity contribution in [3.05, 3.63) is 29.6 Å². The summed E-state index contributed by atoms with van der Waals surface area (Å²) in [5.41, 5.74) is 0.699. The Hall–Kier alpha value is -1.82. The van der Waals surface area contributed by atoms with Crippen molar-refractivity contribution in [1.29, 1.82) is 0 Å². The summed E-state index contributed by atoms with van der Waals surface area (Å²) in [7, 11) is 3.10. The number of benzene rings is 1. The molecule has 0 saturated carbocycles. The van der Waals surface area contributed by atoms with Crippen LogP contribution >= 0.6 is 0 Å². The predicted octanol–water partition coefficient (Wildman–Crippen LogP) is 2.96. The van der Waals surface area contributed by atoms with Crippen molar-refractivity contribution >= 4 is 6.03 Å². The lowest BCUT2D eigenvalue weighted by molar-refractivity contribution is 0.00689. The molecule has 1 aliphatic heterocycles. The van der Waals surface area contributed by atoms with Gasteiger partial charge >= 0.3 is 6.03 Å². The zero-order valence-electron chi connectivity index (χ0n) is 14.1. The highest BCUT2D eigenvalue weighted by Gasteiger charge is 2.29. The molecule has 0 spiro atoms. The Labute approximate surface area is 136 Å². The van der Waals surface area contributed by atoms with Crippen LogP contribution in [0.1, 0.15) is 31.9 Å². The molecule has 0 aliphatic carbocycles. The number of likely N-dealkylation sites (tertiary alicyclic amines) is 1. The summed E-state index contributed by atoms with van der Waals surface area (Å²) in [5, 5.41) is 2.91. The summed E-state index contributed by atoms with van der Waals surface area (Å²) in [4.78, 5) is 14.2. The van der Waals surface area contributed by atoms with Crippen LogP contribution in [0.2, 0.25) is 0 Å². The monoisotopic (exact) mass is 324 g/mol. The number of methoxy groups -OCH3 is 2. The van der Waals surface area contributed by atoms with E-state index >= 15 is 0 Å². The molecular formula is C17H25FN2O3. The highest BCUT2D eigenvalue weighted by atomic mass is 19.1. The Morgan fingerprint density at radius 3 is 2.78 bits per heavy atom. The van der Waals surface area contributed by atoms with Crippen LogP contribution in [0.5, 0.6) is 5.75 Å². The van der Waals surface area contributed by atoms with E-state index in [0.29, 0.717) is 24.6 Å². The van der Waals surface area contributed by atoms with Gasteiger partial charge in [-0.2, -0.15) is 0 Å². The maximum atomic E-state index is 13.8. The quantitative estimate of drug-likeness (QED) is 0.926. The number of carbonyl (C=O) groups is 1. The lowest BCUT2D eigenvalue weighted by atomic mass is 9.96. The van der Waals surface area contributed by atoms with Crippen LogP contribution in [0.15, 0.2) is 18.2 Å². The minimum Gasteiger partial charge on any atom is -0.494 e. The van der Waals surface area contributed by atoms with Gasteiger partial charge in [-0.1, -0.05) is 13.0 Å². The average Bonchev–Trinajstić information content (AvgIpc) is 2.54. The molecule has 1 aromatic rings. The van der Waals surface area contributed by atoms with Gasteiger partial charge in [0.15, 0.2) is 11.6 Å². The maximum absolute atomic E-state index is 13.8. The molecule has 0 aromatic heterocycles. The number of rotatable bonds is 4. The second-order valence-electron chi connectivity index (χ2n) is 6.05. The molecule has 5 nitrogen and oxygen atoms in total. The first kappa shape index (κ1) is 17.5. The predicted molar refractivity (Wildman–Crippen MR) is 86.0 cm³/mol. The number of amides is 2. The van der Waals surface area contributed by atoms with Gasteiger partial charge in [0, 0.05) is 20.2 Å². The van der Waals surface area contributed by atoms with Gasteiger partial charge < -0.3 is 19.7 Å². The summed E-state index contributed by atoms with van der Waals surface area (Å²) >= 11 is 0. The zero-order valence-corrected chi connectivity index (χ0v) is 14.1. The molecule has 2 amide bonds. The molecule has 0 bridgehead atoms. The Kier molecular flexibility index (Phi) is 5.82. The summed E-state index contributed by atoms with van der Waals surface area (Å²) < 4.78 is 24.1. The fraction of sp³-hybridized carbons (Fsp3) is 0.588. The van der Waals surface area contributed by atoms with Gasteiger partial charge in [-0.3, -0.25) is 0 Å². The molecule has 23 heavy (non-hydrogen) atoms. The number of hydrogen-bond donors (Lipinski definition) is 1. The number of ether oxygens (including phenoxy) is 2. The molecule has 6 heteroatoms. The van der Waals surface area contributed by atoms with E-state index in [-0.39, 0.29) is 23.9 Å². The Morgan fingerprint density at radius 2 is 2.17 bits per heavy atom. The lowest BCUT2D eigenvalue weighted by Crippen LogP contribution is -2.50. The molecule has 128 valence electrons. The number of urea groups is 1. The van der Waals surface area contributed by atoms with E-state index in [2.05, 4.69) is 12.2 Å². The maximum Gasteiger partial charge on any atom is 0.317 e. The number of nitrogens with zero attached hydrogens (tertiary/aromatic N) is 1. The molecule has 1 aromatic carbocycles. The highest BCUT2D eigenvalue weighted by Crippen LogP contribution is 2.23. The van der Waals surface area contributed by atoms with Crippen molar-refractivity contribution in [1.82, 2.24) is 10.2 Å². The Bertz CT molecular complexity index is 553. The Morgan fingerprint density at radius 1 is 1.43 bits per heavy atom.